The third-order valence-electron chi connectivity index (χ3n) is 2.79. The Morgan fingerprint density at radius 2 is 1.90 bits per heavy atom. The standard InChI is InChI=1S/C17H15ClO3/c1-20-17-9-4-13(11-14(17)3-2-10-19)12-21-16-7-5-15(18)6-8-16/h4-9,11,19H,10,12H2,1H3. The molecule has 0 heterocycles. The molecule has 21 heavy (non-hydrogen) atoms. The van der Waals surface area contributed by atoms with Crippen molar-refractivity contribution in [3.05, 3.63) is 58.6 Å². The van der Waals surface area contributed by atoms with Gasteiger partial charge in [-0.15, -0.1) is 0 Å². The molecule has 2 aromatic rings. The third kappa shape index (κ3) is 4.42. The van der Waals surface area contributed by atoms with Crippen molar-refractivity contribution < 1.29 is 14.6 Å². The van der Waals surface area contributed by atoms with Gasteiger partial charge in [0.1, 0.15) is 24.7 Å². The molecule has 0 radical (unpaired) electrons. The van der Waals surface area contributed by atoms with Crippen LogP contribution in [0, 0.1) is 11.8 Å². The first-order valence-electron chi connectivity index (χ1n) is 6.38. The van der Waals surface area contributed by atoms with Crippen molar-refractivity contribution in [1.29, 1.82) is 0 Å². The SMILES string of the molecule is COc1ccc(COc2ccc(Cl)cc2)cc1C#CCO. The van der Waals surface area contributed by atoms with Crippen LogP contribution in [0.4, 0.5) is 0 Å². The van der Waals surface area contributed by atoms with Crippen LogP contribution in [0.2, 0.25) is 5.02 Å². The van der Waals surface area contributed by atoms with Gasteiger partial charge in [0, 0.05) is 5.02 Å². The number of halogens is 1. The lowest BCUT2D eigenvalue weighted by atomic mass is 10.1. The number of hydrogen-bond acceptors (Lipinski definition) is 3. The summed E-state index contributed by atoms with van der Waals surface area (Å²) >= 11 is 5.83. The summed E-state index contributed by atoms with van der Waals surface area (Å²) in [5.41, 5.74) is 1.69. The zero-order valence-corrected chi connectivity index (χ0v) is 12.4. The van der Waals surface area contributed by atoms with Crippen LogP contribution in [0.25, 0.3) is 0 Å². The molecule has 0 unspecified atom stereocenters. The fourth-order valence-corrected chi connectivity index (χ4v) is 1.90. The molecule has 0 saturated heterocycles. The first-order valence-corrected chi connectivity index (χ1v) is 6.75. The molecule has 2 rings (SSSR count). The summed E-state index contributed by atoms with van der Waals surface area (Å²) in [5.74, 6) is 6.90. The largest absolute Gasteiger partial charge is 0.495 e. The minimum Gasteiger partial charge on any atom is -0.495 e. The first kappa shape index (κ1) is 15.2. The van der Waals surface area contributed by atoms with E-state index in [1.165, 1.54) is 0 Å². The van der Waals surface area contributed by atoms with Gasteiger partial charge >= 0.3 is 0 Å². The van der Waals surface area contributed by atoms with Gasteiger partial charge in [-0.1, -0.05) is 29.5 Å². The lowest BCUT2D eigenvalue weighted by molar-refractivity contribution is 0.306. The summed E-state index contributed by atoms with van der Waals surface area (Å²) in [5, 5.41) is 9.46. The average Bonchev–Trinajstić information content (AvgIpc) is 2.52. The highest BCUT2D eigenvalue weighted by Crippen LogP contribution is 2.21. The summed E-state index contributed by atoms with van der Waals surface area (Å²) < 4.78 is 10.9. The predicted octanol–water partition coefficient (Wildman–Crippen LogP) is 3.27. The molecule has 0 atom stereocenters. The molecule has 0 spiro atoms. The van der Waals surface area contributed by atoms with Crippen LogP contribution in [0.3, 0.4) is 0 Å². The molecule has 108 valence electrons. The second-order valence-corrected chi connectivity index (χ2v) is 4.67. The van der Waals surface area contributed by atoms with E-state index in [-0.39, 0.29) is 6.61 Å². The molecular formula is C17H15ClO3. The van der Waals surface area contributed by atoms with Crippen molar-refractivity contribution >= 4 is 11.6 Å². The van der Waals surface area contributed by atoms with Crippen molar-refractivity contribution in [2.75, 3.05) is 13.7 Å². The minimum absolute atomic E-state index is 0.186. The van der Waals surface area contributed by atoms with Crippen LogP contribution in [0.15, 0.2) is 42.5 Å². The summed E-state index contributed by atoms with van der Waals surface area (Å²) in [7, 11) is 1.59. The molecule has 0 amide bonds. The van der Waals surface area contributed by atoms with Crippen molar-refractivity contribution in [2.24, 2.45) is 0 Å². The van der Waals surface area contributed by atoms with E-state index < -0.39 is 0 Å². The van der Waals surface area contributed by atoms with Crippen LogP contribution < -0.4 is 9.47 Å². The van der Waals surface area contributed by atoms with E-state index in [9.17, 15) is 0 Å². The van der Waals surface area contributed by atoms with Gasteiger partial charge in [-0.2, -0.15) is 0 Å². The molecule has 0 aliphatic carbocycles. The highest BCUT2D eigenvalue weighted by atomic mass is 35.5. The summed E-state index contributed by atoms with van der Waals surface area (Å²) in [6.45, 7) is 0.230. The Hall–Kier alpha value is -2.15. The smallest absolute Gasteiger partial charge is 0.134 e. The first-order chi connectivity index (χ1) is 10.2. The van der Waals surface area contributed by atoms with Crippen molar-refractivity contribution in [3.8, 4) is 23.3 Å². The number of hydrogen-bond donors (Lipinski definition) is 1. The van der Waals surface area contributed by atoms with E-state index in [2.05, 4.69) is 11.8 Å². The molecule has 0 aromatic heterocycles. The number of aliphatic hydroxyl groups excluding tert-OH is 1. The van der Waals surface area contributed by atoms with Gasteiger partial charge in [-0.25, -0.2) is 0 Å². The minimum atomic E-state index is -0.186. The van der Waals surface area contributed by atoms with E-state index in [0.29, 0.717) is 17.4 Å². The van der Waals surface area contributed by atoms with E-state index in [1.807, 2.05) is 30.3 Å². The van der Waals surface area contributed by atoms with Crippen LogP contribution in [0.1, 0.15) is 11.1 Å². The highest BCUT2D eigenvalue weighted by molar-refractivity contribution is 6.30. The molecule has 3 nitrogen and oxygen atoms in total. The third-order valence-corrected chi connectivity index (χ3v) is 3.04. The van der Waals surface area contributed by atoms with Gasteiger partial charge in [-0.3, -0.25) is 0 Å². The maximum Gasteiger partial charge on any atom is 0.134 e. The van der Waals surface area contributed by atoms with Crippen molar-refractivity contribution in [1.82, 2.24) is 0 Å². The Labute approximate surface area is 129 Å². The summed E-state index contributed by atoms with van der Waals surface area (Å²) in [6.07, 6.45) is 0. The molecular weight excluding hydrogens is 288 g/mol. The van der Waals surface area contributed by atoms with E-state index in [4.69, 9.17) is 26.2 Å². The van der Waals surface area contributed by atoms with Crippen LogP contribution >= 0.6 is 11.6 Å². The Kier molecular flexibility index (Phi) is 5.51. The molecule has 0 bridgehead atoms. The predicted molar refractivity (Wildman–Crippen MR) is 82.7 cm³/mol. The fraction of sp³-hybridized carbons (Fsp3) is 0.176. The second-order valence-electron chi connectivity index (χ2n) is 4.24. The monoisotopic (exact) mass is 302 g/mol. The Morgan fingerprint density at radius 3 is 2.57 bits per heavy atom. The fourth-order valence-electron chi connectivity index (χ4n) is 1.77. The topological polar surface area (TPSA) is 38.7 Å². The maximum atomic E-state index is 8.79. The van der Waals surface area contributed by atoms with Crippen molar-refractivity contribution in [2.45, 2.75) is 6.61 Å². The highest BCUT2D eigenvalue weighted by Gasteiger charge is 2.03. The van der Waals surface area contributed by atoms with Crippen molar-refractivity contribution in [3.63, 3.8) is 0 Å². The van der Waals surface area contributed by atoms with Gasteiger partial charge in [0.05, 0.1) is 12.7 Å². The van der Waals surface area contributed by atoms with Crippen LogP contribution in [-0.4, -0.2) is 18.8 Å². The van der Waals surface area contributed by atoms with Gasteiger partial charge in [0.2, 0.25) is 0 Å². The molecule has 4 heteroatoms. The number of aliphatic hydroxyl groups is 1. The Balaban J connectivity index is 2.11. The van der Waals surface area contributed by atoms with Crippen LogP contribution in [-0.2, 0) is 6.61 Å². The quantitative estimate of drug-likeness (QED) is 0.881. The van der Waals surface area contributed by atoms with Gasteiger partial charge in [-0.05, 0) is 42.0 Å². The Morgan fingerprint density at radius 1 is 1.14 bits per heavy atom. The van der Waals surface area contributed by atoms with Gasteiger partial charge in [0.25, 0.3) is 0 Å². The number of benzene rings is 2. The number of methoxy groups -OCH3 is 1. The van der Waals surface area contributed by atoms with E-state index in [1.54, 1.807) is 19.2 Å². The lowest BCUT2D eigenvalue weighted by Gasteiger charge is -2.09. The zero-order valence-electron chi connectivity index (χ0n) is 11.6. The number of ether oxygens (including phenoxy) is 2. The lowest BCUT2D eigenvalue weighted by Crippen LogP contribution is -1.97. The molecule has 2 aromatic carbocycles. The molecule has 0 saturated carbocycles. The molecule has 1 N–H and O–H groups in total. The van der Waals surface area contributed by atoms with Crippen LogP contribution in [0.5, 0.6) is 11.5 Å². The van der Waals surface area contributed by atoms with E-state index in [0.717, 1.165) is 16.9 Å². The molecule has 0 aliphatic rings. The normalized spacial score (nSPS) is 9.67. The Bertz CT molecular complexity index is 654. The second kappa shape index (κ2) is 7.58. The van der Waals surface area contributed by atoms with Gasteiger partial charge < -0.3 is 14.6 Å². The average molecular weight is 303 g/mol. The van der Waals surface area contributed by atoms with E-state index >= 15 is 0 Å². The summed E-state index contributed by atoms with van der Waals surface area (Å²) in [4.78, 5) is 0. The molecule has 0 aliphatic heterocycles. The zero-order chi connectivity index (χ0) is 15.1. The maximum absolute atomic E-state index is 8.79. The number of rotatable bonds is 4. The summed E-state index contributed by atoms with van der Waals surface area (Å²) in [6, 6.07) is 12.8. The van der Waals surface area contributed by atoms with Gasteiger partial charge in [0.15, 0.2) is 0 Å². The molecule has 0 fully saturated rings.